The number of carbonyl (C=O) groups is 2. The molecule has 0 N–H and O–H groups in total. The molecule has 0 amide bonds. The molecule has 0 aliphatic rings. The van der Waals surface area contributed by atoms with Crippen LogP contribution < -0.4 is 0 Å². The highest BCUT2D eigenvalue weighted by Gasteiger charge is 2.25. The van der Waals surface area contributed by atoms with Crippen LogP contribution in [0.5, 0.6) is 0 Å². The van der Waals surface area contributed by atoms with Gasteiger partial charge >= 0.3 is 5.97 Å². The Hall–Kier alpha value is -1.42. The average molecular weight is 273 g/mol. The van der Waals surface area contributed by atoms with Gasteiger partial charge in [0.15, 0.2) is 5.78 Å². The maximum absolute atomic E-state index is 12.8. The number of esters is 1. The first-order valence-electron chi connectivity index (χ1n) is 5.54. The van der Waals surface area contributed by atoms with E-state index in [0.29, 0.717) is 12.0 Å². The van der Waals surface area contributed by atoms with Crippen LogP contribution in [0.15, 0.2) is 18.2 Å². The van der Waals surface area contributed by atoms with Crippen LogP contribution in [0, 0.1) is 11.7 Å². The van der Waals surface area contributed by atoms with Crippen LogP contribution in [0.4, 0.5) is 4.39 Å². The van der Waals surface area contributed by atoms with E-state index in [1.165, 1.54) is 19.2 Å². The Morgan fingerprint density at radius 3 is 2.61 bits per heavy atom. The van der Waals surface area contributed by atoms with Gasteiger partial charge in [-0.05, 0) is 24.1 Å². The lowest BCUT2D eigenvalue weighted by atomic mass is 9.95. The minimum absolute atomic E-state index is 0.00722. The van der Waals surface area contributed by atoms with Gasteiger partial charge in [0.25, 0.3) is 0 Å². The highest BCUT2D eigenvalue weighted by molar-refractivity contribution is 6.31. The van der Waals surface area contributed by atoms with Crippen molar-refractivity contribution in [3.63, 3.8) is 0 Å². The van der Waals surface area contributed by atoms with Crippen LogP contribution in [-0.4, -0.2) is 18.9 Å². The predicted octanol–water partition coefficient (Wildman–Crippen LogP) is 2.79. The summed E-state index contributed by atoms with van der Waals surface area (Å²) in [4.78, 5) is 23.3. The van der Waals surface area contributed by atoms with Gasteiger partial charge in [0, 0.05) is 11.4 Å². The van der Waals surface area contributed by atoms with Gasteiger partial charge in [0.05, 0.1) is 7.11 Å². The molecular weight excluding hydrogens is 259 g/mol. The summed E-state index contributed by atoms with van der Waals surface area (Å²) in [5.41, 5.74) is 0.505. The summed E-state index contributed by atoms with van der Waals surface area (Å²) in [5.74, 6) is -2.09. The molecule has 1 aromatic rings. The molecule has 0 heterocycles. The van der Waals surface area contributed by atoms with Gasteiger partial charge in [-0.2, -0.15) is 0 Å². The number of hydrogen-bond donors (Lipinski definition) is 0. The largest absolute Gasteiger partial charge is 0.468 e. The highest BCUT2D eigenvalue weighted by atomic mass is 35.5. The van der Waals surface area contributed by atoms with Crippen molar-refractivity contribution in [2.75, 3.05) is 7.11 Å². The molecular formula is C13H14ClFO3. The van der Waals surface area contributed by atoms with E-state index in [9.17, 15) is 14.0 Å². The SMILES string of the molecule is CCC(C(=O)Cc1ccc(F)cc1Cl)C(=O)OC. The Bertz CT molecular complexity index is 460. The predicted molar refractivity (Wildman–Crippen MR) is 65.9 cm³/mol. The number of ether oxygens (including phenoxy) is 1. The quantitative estimate of drug-likeness (QED) is 0.611. The Morgan fingerprint density at radius 1 is 1.44 bits per heavy atom. The van der Waals surface area contributed by atoms with Gasteiger partial charge in [-0.25, -0.2) is 4.39 Å². The molecule has 0 aliphatic carbocycles. The lowest BCUT2D eigenvalue weighted by Crippen LogP contribution is -2.26. The zero-order valence-corrected chi connectivity index (χ0v) is 11.0. The number of halogens is 2. The number of carbonyl (C=O) groups excluding carboxylic acids is 2. The summed E-state index contributed by atoms with van der Waals surface area (Å²) in [6, 6.07) is 3.82. The van der Waals surface area contributed by atoms with Crippen molar-refractivity contribution in [1.82, 2.24) is 0 Å². The Labute approximate surface area is 110 Å². The summed E-state index contributed by atoms with van der Waals surface area (Å²) < 4.78 is 17.4. The number of methoxy groups -OCH3 is 1. The molecule has 98 valence electrons. The number of rotatable bonds is 5. The van der Waals surface area contributed by atoms with E-state index in [1.54, 1.807) is 6.92 Å². The second kappa shape index (κ2) is 6.50. The molecule has 0 bridgehead atoms. The third-order valence-electron chi connectivity index (χ3n) is 2.66. The minimum Gasteiger partial charge on any atom is -0.468 e. The average Bonchev–Trinajstić information content (AvgIpc) is 2.33. The van der Waals surface area contributed by atoms with Crippen molar-refractivity contribution in [2.24, 2.45) is 5.92 Å². The lowest BCUT2D eigenvalue weighted by Gasteiger charge is -2.11. The first kappa shape index (κ1) is 14.6. The van der Waals surface area contributed by atoms with Crippen molar-refractivity contribution < 1.29 is 18.7 Å². The van der Waals surface area contributed by atoms with Gasteiger partial charge in [0.2, 0.25) is 0 Å². The minimum atomic E-state index is -0.795. The number of ketones is 1. The fourth-order valence-electron chi connectivity index (χ4n) is 1.64. The third-order valence-corrected chi connectivity index (χ3v) is 3.01. The summed E-state index contributed by atoms with van der Waals surface area (Å²) in [6.07, 6.45) is 0.358. The number of Topliss-reactive ketones (excluding diaryl/α,β-unsaturated/α-hetero) is 1. The monoisotopic (exact) mass is 272 g/mol. The number of hydrogen-bond acceptors (Lipinski definition) is 3. The fourth-order valence-corrected chi connectivity index (χ4v) is 1.88. The zero-order chi connectivity index (χ0) is 13.7. The molecule has 3 nitrogen and oxygen atoms in total. The van der Waals surface area contributed by atoms with Gasteiger partial charge in [-0.1, -0.05) is 24.6 Å². The van der Waals surface area contributed by atoms with Crippen molar-refractivity contribution in [3.8, 4) is 0 Å². The molecule has 0 saturated carbocycles. The van der Waals surface area contributed by atoms with Crippen LogP contribution in [-0.2, 0) is 20.7 Å². The summed E-state index contributed by atoms with van der Waals surface area (Å²) in [7, 11) is 1.24. The Kier molecular flexibility index (Phi) is 5.28. The summed E-state index contributed by atoms with van der Waals surface area (Å²) in [6.45, 7) is 1.73. The maximum atomic E-state index is 12.8. The molecule has 0 radical (unpaired) electrons. The third kappa shape index (κ3) is 3.53. The normalized spacial score (nSPS) is 12.0. The second-order valence-corrected chi connectivity index (χ2v) is 4.27. The van der Waals surface area contributed by atoms with Gasteiger partial charge < -0.3 is 4.74 Å². The zero-order valence-electron chi connectivity index (χ0n) is 10.2. The molecule has 0 aromatic heterocycles. The lowest BCUT2D eigenvalue weighted by molar-refractivity contribution is -0.149. The first-order valence-corrected chi connectivity index (χ1v) is 5.91. The topological polar surface area (TPSA) is 43.4 Å². The molecule has 5 heteroatoms. The van der Waals surface area contributed by atoms with E-state index in [1.807, 2.05) is 0 Å². The van der Waals surface area contributed by atoms with E-state index in [4.69, 9.17) is 11.6 Å². The first-order chi connectivity index (χ1) is 8.49. The van der Waals surface area contributed by atoms with E-state index in [2.05, 4.69) is 4.74 Å². The Balaban J connectivity index is 2.83. The van der Waals surface area contributed by atoms with E-state index < -0.39 is 17.7 Å². The smallest absolute Gasteiger partial charge is 0.316 e. The second-order valence-electron chi connectivity index (χ2n) is 3.86. The van der Waals surface area contributed by atoms with E-state index in [-0.39, 0.29) is 17.2 Å². The van der Waals surface area contributed by atoms with Crippen LogP contribution >= 0.6 is 11.6 Å². The van der Waals surface area contributed by atoms with Crippen LogP contribution in [0.3, 0.4) is 0 Å². The molecule has 0 aliphatic heterocycles. The summed E-state index contributed by atoms with van der Waals surface area (Å²) in [5, 5.41) is 0.183. The molecule has 18 heavy (non-hydrogen) atoms. The molecule has 1 rings (SSSR count). The molecule has 1 unspecified atom stereocenters. The molecule has 0 saturated heterocycles. The van der Waals surface area contributed by atoms with E-state index >= 15 is 0 Å². The van der Waals surface area contributed by atoms with Crippen LogP contribution in [0.2, 0.25) is 5.02 Å². The standard InChI is InChI=1S/C13H14ClFO3/c1-3-10(13(17)18-2)12(16)6-8-4-5-9(15)7-11(8)14/h4-5,7,10H,3,6H2,1-2H3. The van der Waals surface area contributed by atoms with Crippen LogP contribution in [0.1, 0.15) is 18.9 Å². The van der Waals surface area contributed by atoms with Crippen molar-refractivity contribution >= 4 is 23.4 Å². The molecule has 0 spiro atoms. The number of benzene rings is 1. The molecule has 0 fully saturated rings. The van der Waals surface area contributed by atoms with Crippen molar-refractivity contribution in [1.29, 1.82) is 0 Å². The van der Waals surface area contributed by atoms with Crippen LogP contribution in [0.25, 0.3) is 0 Å². The van der Waals surface area contributed by atoms with Gasteiger partial charge in [-0.3, -0.25) is 9.59 Å². The van der Waals surface area contributed by atoms with E-state index in [0.717, 1.165) is 6.07 Å². The van der Waals surface area contributed by atoms with Gasteiger partial charge in [-0.15, -0.1) is 0 Å². The maximum Gasteiger partial charge on any atom is 0.316 e. The Morgan fingerprint density at radius 2 is 2.11 bits per heavy atom. The fraction of sp³-hybridized carbons (Fsp3) is 0.385. The molecule has 1 aromatic carbocycles. The summed E-state index contributed by atoms with van der Waals surface area (Å²) >= 11 is 5.83. The van der Waals surface area contributed by atoms with Crippen molar-refractivity contribution in [2.45, 2.75) is 19.8 Å². The van der Waals surface area contributed by atoms with Gasteiger partial charge in [0.1, 0.15) is 11.7 Å². The van der Waals surface area contributed by atoms with Crippen molar-refractivity contribution in [3.05, 3.63) is 34.6 Å². The highest BCUT2D eigenvalue weighted by Crippen LogP contribution is 2.20. The molecule has 1 atom stereocenters.